The third-order valence-corrected chi connectivity index (χ3v) is 4.58. The minimum Gasteiger partial charge on any atom is -0.335 e. The molecule has 2 aromatic rings. The fraction of sp³-hybridized carbons (Fsp3) is 0.389. The number of carbonyl (C=O) groups is 2. The van der Waals surface area contributed by atoms with Crippen molar-refractivity contribution in [1.82, 2.24) is 20.0 Å². The van der Waals surface area contributed by atoms with Gasteiger partial charge >= 0.3 is 0 Å². The van der Waals surface area contributed by atoms with Crippen molar-refractivity contribution in [3.05, 3.63) is 52.3 Å². The van der Waals surface area contributed by atoms with Crippen molar-refractivity contribution in [2.75, 3.05) is 19.6 Å². The zero-order valence-electron chi connectivity index (χ0n) is 14.3. The summed E-state index contributed by atoms with van der Waals surface area (Å²) in [7, 11) is 0. The molecule has 0 radical (unpaired) electrons. The van der Waals surface area contributed by atoms with Crippen LogP contribution in [0.25, 0.3) is 0 Å². The summed E-state index contributed by atoms with van der Waals surface area (Å²) in [6, 6.07) is 9.20. The number of hydrogen-bond acceptors (Lipinski definition) is 3. The molecule has 132 valence electrons. The molecule has 1 aromatic heterocycles. The molecule has 6 nitrogen and oxygen atoms in total. The second-order valence-corrected chi connectivity index (χ2v) is 6.97. The number of aromatic nitrogens is 2. The van der Waals surface area contributed by atoms with E-state index in [0.717, 1.165) is 11.3 Å². The Morgan fingerprint density at radius 3 is 2.60 bits per heavy atom. The van der Waals surface area contributed by atoms with E-state index < -0.39 is 0 Å². The van der Waals surface area contributed by atoms with E-state index in [-0.39, 0.29) is 24.3 Å². The molecule has 0 atom stereocenters. The van der Waals surface area contributed by atoms with Crippen molar-refractivity contribution in [1.29, 1.82) is 0 Å². The molecule has 3 rings (SSSR count). The van der Waals surface area contributed by atoms with Crippen molar-refractivity contribution >= 4 is 23.4 Å². The van der Waals surface area contributed by atoms with Crippen molar-refractivity contribution in [2.24, 2.45) is 0 Å². The lowest BCUT2D eigenvalue weighted by molar-refractivity contribution is -0.135. The molecule has 0 aliphatic carbocycles. The van der Waals surface area contributed by atoms with E-state index in [0.29, 0.717) is 30.4 Å². The van der Waals surface area contributed by atoms with Gasteiger partial charge in [-0.25, -0.2) is 0 Å². The Bertz CT molecular complexity index is 770. The second kappa shape index (κ2) is 7.27. The van der Waals surface area contributed by atoms with Gasteiger partial charge in [-0.3, -0.25) is 14.7 Å². The molecule has 0 unspecified atom stereocenters. The van der Waals surface area contributed by atoms with Crippen LogP contribution in [-0.4, -0.2) is 51.4 Å². The van der Waals surface area contributed by atoms with E-state index in [1.807, 2.05) is 38.1 Å². The minimum absolute atomic E-state index is 0.0610. The molecule has 0 saturated carbocycles. The maximum Gasteiger partial charge on any atom is 0.274 e. The van der Waals surface area contributed by atoms with E-state index in [4.69, 9.17) is 11.6 Å². The van der Waals surface area contributed by atoms with E-state index in [9.17, 15) is 9.59 Å². The maximum atomic E-state index is 12.5. The van der Waals surface area contributed by atoms with Gasteiger partial charge in [0.1, 0.15) is 12.2 Å². The third kappa shape index (κ3) is 4.02. The SMILES string of the molecule is CC(C)c1cc(C(=O)N2CCN(Cc3ccc(Cl)cc3)C(=O)C2)n[nH]1. The second-order valence-electron chi connectivity index (χ2n) is 6.53. The lowest BCUT2D eigenvalue weighted by atomic mass is 10.1. The smallest absolute Gasteiger partial charge is 0.274 e. The molecule has 0 bridgehead atoms. The van der Waals surface area contributed by atoms with Crippen molar-refractivity contribution in [3.63, 3.8) is 0 Å². The summed E-state index contributed by atoms with van der Waals surface area (Å²) in [5.74, 6) is 0.00344. The van der Waals surface area contributed by atoms with E-state index in [1.165, 1.54) is 0 Å². The third-order valence-electron chi connectivity index (χ3n) is 4.33. The van der Waals surface area contributed by atoms with Crippen LogP contribution in [0.15, 0.2) is 30.3 Å². The van der Waals surface area contributed by atoms with E-state index >= 15 is 0 Å². The first-order valence-electron chi connectivity index (χ1n) is 8.31. The Labute approximate surface area is 151 Å². The van der Waals surface area contributed by atoms with Gasteiger partial charge in [0, 0.05) is 30.4 Å². The standard InChI is InChI=1S/C18H21ClN4O2/c1-12(2)15-9-16(21-20-15)18(25)23-8-7-22(17(24)11-23)10-13-3-5-14(19)6-4-13/h3-6,9,12H,7-8,10-11H2,1-2H3,(H,20,21). The normalized spacial score (nSPS) is 15.1. The van der Waals surface area contributed by atoms with Gasteiger partial charge < -0.3 is 9.80 Å². The zero-order chi connectivity index (χ0) is 18.0. The molecule has 1 N–H and O–H groups in total. The Morgan fingerprint density at radius 1 is 1.28 bits per heavy atom. The number of H-pyrrole nitrogens is 1. The van der Waals surface area contributed by atoms with Crippen molar-refractivity contribution in [3.8, 4) is 0 Å². The number of halogens is 1. The highest BCUT2D eigenvalue weighted by molar-refractivity contribution is 6.30. The number of rotatable bonds is 4. The van der Waals surface area contributed by atoms with Gasteiger partial charge in [0.2, 0.25) is 5.91 Å². The van der Waals surface area contributed by atoms with Gasteiger partial charge in [-0.1, -0.05) is 37.6 Å². The number of nitrogens with one attached hydrogen (secondary N) is 1. The van der Waals surface area contributed by atoms with Gasteiger partial charge in [0.15, 0.2) is 0 Å². The summed E-state index contributed by atoms with van der Waals surface area (Å²) in [5, 5.41) is 7.63. The summed E-state index contributed by atoms with van der Waals surface area (Å²) < 4.78 is 0. The van der Waals surface area contributed by atoms with Crippen LogP contribution in [-0.2, 0) is 11.3 Å². The molecule has 7 heteroatoms. The average molecular weight is 361 g/mol. The Kier molecular flexibility index (Phi) is 5.08. The van der Waals surface area contributed by atoms with Gasteiger partial charge in [-0.15, -0.1) is 0 Å². The largest absolute Gasteiger partial charge is 0.335 e. The van der Waals surface area contributed by atoms with Crippen molar-refractivity contribution in [2.45, 2.75) is 26.3 Å². The molecular weight excluding hydrogens is 340 g/mol. The Morgan fingerprint density at radius 2 is 2.00 bits per heavy atom. The van der Waals surface area contributed by atoms with Crippen molar-refractivity contribution < 1.29 is 9.59 Å². The maximum absolute atomic E-state index is 12.5. The fourth-order valence-electron chi connectivity index (χ4n) is 2.76. The Hall–Kier alpha value is -2.34. The van der Waals surface area contributed by atoms with Gasteiger partial charge in [0.25, 0.3) is 5.91 Å². The number of nitrogens with zero attached hydrogens (tertiary/aromatic N) is 3. The number of benzene rings is 1. The van der Waals surface area contributed by atoms with Crippen LogP contribution in [0.3, 0.4) is 0 Å². The van der Waals surface area contributed by atoms with Crippen LogP contribution in [0.4, 0.5) is 0 Å². The lowest BCUT2D eigenvalue weighted by Crippen LogP contribution is -2.51. The molecule has 1 aliphatic rings. The van der Waals surface area contributed by atoms with Crippen LogP contribution in [0.1, 0.15) is 41.5 Å². The first kappa shape index (κ1) is 17.5. The molecular formula is C18H21ClN4O2. The number of hydrogen-bond donors (Lipinski definition) is 1. The van der Waals surface area contributed by atoms with Crippen LogP contribution >= 0.6 is 11.6 Å². The molecule has 1 saturated heterocycles. The monoisotopic (exact) mass is 360 g/mol. The first-order chi connectivity index (χ1) is 11.9. The summed E-state index contributed by atoms with van der Waals surface area (Å²) in [6.07, 6.45) is 0. The molecule has 25 heavy (non-hydrogen) atoms. The van der Waals surface area contributed by atoms with Crippen LogP contribution < -0.4 is 0 Å². The highest BCUT2D eigenvalue weighted by atomic mass is 35.5. The quantitative estimate of drug-likeness (QED) is 0.911. The molecule has 1 fully saturated rings. The van der Waals surface area contributed by atoms with Crippen LogP contribution in [0, 0.1) is 0 Å². The average Bonchev–Trinajstić information content (AvgIpc) is 3.08. The molecule has 1 aliphatic heterocycles. The summed E-state index contributed by atoms with van der Waals surface area (Å²) in [6.45, 7) is 5.67. The molecule has 2 amide bonds. The predicted molar refractivity (Wildman–Crippen MR) is 95.4 cm³/mol. The fourth-order valence-corrected chi connectivity index (χ4v) is 2.89. The Balaban J connectivity index is 1.61. The van der Waals surface area contributed by atoms with Crippen LogP contribution in [0.2, 0.25) is 5.02 Å². The molecule has 2 heterocycles. The van der Waals surface area contributed by atoms with Gasteiger partial charge in [-0.2, -0.15) is 5.10 Å². The number of amides is 2. The van der Waals surface area contributed by atoms with Gasteiger partial charge in [0.05, 0.1) is 0 Å². The number of piperazine rings is 1. The summed E-state index contributed by atoms with van der Waals surface area (Å²) >= 11 is 5.88. The van der Waals surface area contributed by atoms with E-state index in [2.05, 4.69) is 10.2 Å². The number of aromatic amines is 1. The number of carbonyl (C=O) groups excluding carboxylic acids is 2. The topological polar surface area (TPSA) is 69.3 Å². The lowest BCUT2D eigenvalue weighted by Gasteiger charge is -2.34. The summed E-state index contributed by atoms with van der Waals surface area (Å²) in [5.41, 5.74) is 2.30. The minimum atomic E-state index is -0.206. The molecule has 1 aromatic carbocycles. The first-order valence-corrected chi connectivity index (χ1v) is 8.68. The zero-order valence-corrected chi connectivity index (χ0v) is 15.1. The summed E-state index contributed by atoms with van der Waals surface area (Å²) in [4.78, 5) is 28.3. The van der Waals surface area contributed by atoms with Gasteiger partial charge in [-0.05, 0) is 29.7 Å². The highest BCUT2D eigenvalue weighted by Crippen LogP contribution is 2.16. The van der Waals surface area contributed by atoms with Crippen LogP contribution in [0.5, 0.6) is 0 Å². The predicted octanol–water partition coefficient (Wildman–Crippen LogP) is 2.67. The van der Waals surface area contributed by atoms with E-state index in [1.54, 1.807) is 15.9 Å². The highest BCUT2D eigenvalue weighted by Gasteiger charge is 2.29. The molecule has 0 spiro atoms.